The monoisotopic (exact) mass is 335 g/mol. The third-order valence-corrected chi connectivity index (χ3v) is 4.26. The van der Waals surface area contributed by atoms with Gasteiger partial charge in [-0.2, -0.15) is 13.2 Å². The third kappa shape index (κ3) is 3.76. The van der Waals surface area contributed by atoms with Gasteiger partial charge in [0.25, 0.3) is 5.91 Å². The second-order valence-electron chi connectivity index (χ2n) is 5.52. The fourth-order valence-corrected chi connectivity index (χ4v) is 2.87. The van der Waals surface area contributed by atoms with E-state index in [9.17, 15) is 18.0 Å². The smallest absolute Gasteiger partial charge is 0.391 e. The number of carbonyl (C=O) groups is 1. The lowest BCUT2D eigenvalue weighted by molar-refractivity contribution is -0.182. The molecular formula is C14H17ClF3N3O. The van der Waals surface area contributed by atoms with E-state index in [2.05, 4.69) is 5.32 Å². The van der Waals surface area contributed by atoms with E-state index in [1.165, 1.54) is 12.1 Å². The molecule has 5 N–H and O–H groups in total. The van der Waals surface area contributed by atoms with Gasteiger partial charge in [-0.05, 0) is 37.8 Å². The van der Waals surface area contributed by atoms with Crippen LogP contribution in [-0.4, -0.2) is 18.1 Å². The Labute approximate surface area is 131 Å². The van der Waals surface area contributed by atoms with Crippen molar-refractivity contribution in [2.75, 3.05) is 11.5 Å². The number of amides is 1. The summed E-state index contributed by atoms with van der Waals surface area (Å²) in [5, 5.41) is 2.87. The number of nitrogen functional groups attached to an aromatic ring is 2. The molecule has 1 fully saturated rings. The summed E-state index contributed by atoms with van der Waals surface area (Å²) < 4.78 is 37.8. The van der Waals surface area contributed by atoms with Crippen LogP contribution in [0.15, 0.2) is 12.1 Å². The van der Waals surface area contributed by atoms with Crippen LogP contribution in [0.2, 0.25) is 5.02 Å². The number of nitrogens with two attached hydrogens (primary N) is 2. The zero-order chi connectivity index (χ0) is 16.5. The molecule has 1 aromatic rings. The standard InChI is InChI=1S/C14H17ClF3N3O/c15-10-6-12(20)11(19)5-9(10)13(22)21-8-3-1-7(2-4-8)14(16,17)18/h5-8H,1-4,19-20H2,(H,21,22). The molecule has 0 spiro atoms. The average molecular weight is 336 g/mol. The Hall–Kier alpha value is -1.63. The Morgan fingerprint density at radius 2 is 1.68 bits per heavy atom. The summed E-state index contributed by atoms with van der Waals surface area (Å²) in [7, 11) is 0. The Kier molecular flexibility index (Phi) is 4.75. The van der Waals surface area contributed by atoms with Crippen molar-refractivity contribution in [3.8, 4) is 0 Å². The van der Waals surface area contributed by atoms with Crippen LogP contribution in [-0.2, 0) is 0 Å². The molecule has 0 heterocycles. The Morgan fingerprint density at radius 1 is 1.14 bits per heavy atom. The molecule has 0 atom stereocenters. The molecule has 22 heavy (non-hydrogen) atoms. The summed E-state index contributed by atoms with van der Waals surface area (Å²) in [5.41, 5.74) is 11.9. The minimum absolute atomic E-state index is 0.0199. The van der Waals surface area contributed by atoms with Gasteiger partial charge in [0, 0.05) is 6.04 Å². The van der Waals surface area contributed by atoms with E-state index in [1.807, 2.05) is 0 Å². The maximum atomic E-state index is 12.6. The van der Waals surface area contributed by atoms with Crippen LogP contribution >= 0.6 is 11.6 Å². The molecule has 0 saturated heterocycles. The van der Waals surface area contributed by atoms with Crippen LogP contribution in [0.25, 0.3) is 0 Å². The lowest BCUT2D eigenvalue weighted by Gasteiger charge is -2.30. The quantitative estimate of drug-likeness (QED) is 0.725. The first-order valence-electron chi connectivity index (χ1n) is 6.90. The van der Waals surface area contributed by atoms with E-state index in [0.29, 0.717) is 0 Å². The number of anilines is 2. The minimum Gasteiger partial charge on any atom is -0.397 e. The van der Waals surface area contributed by atoms with E-state index < -0.39 is 18.0 Å². The molecule has 8 heteroatoms. The molecule has 0 radical (unpaired) electrons. The van der Waals surface area contributed by atoms with Gasteiger partial charge in [0.1, 0.15) is 0 Å². The van der Waals surface area contributed by atoms with Crippen molar-refractivity contribution in [2.45, 2.75) is 37.9 Å². The van der Waals surface area contributed by atoms with Crippen molar-refractivity contribution in [1.82, 2.24) is 5.32 Å². The lowest BCUT2D eigenvalue weighted by atomic mass is 9.85. The van der Waals surface area contributed by atoms with Crippen LogP contribution in [0.5, 0.6) is 0 Å². The predicted molar refractivity (Wildman–Crippen MR) is 79.5 cm³/mol. The van der Waals surface area contributed by atoms with Gasteiger partial charge in [-0.1, -0.05) is 11.6 Å². The van der Waals surface area contributed by atoms with Crippen LogP contribution in [0.1, 0.15) is 36.0 Å². The summed E-state index contributed by atoms with van der Waals surface area (Å²) in [6.07, 6.45) is -3.54. The van der Waals surface area contributed by atoms with E-state index in [1.54, 1.807) is 0 Å². The third-order valence-electron chi connectivity index (χ3n) is 3.94. The van der Waals surface area contributed by atoms with Crippen molar-refractivity contribution in [2.24, 2.45) is 5.92 Å². The number of nitrogens with one attached hydrogen (secondary N) is 1. The first-order valence-corrected chi connectivity index (χ1v) is 7.28. The normalized spacial score (nSPS) is 22.4. The highest BCUT2D eigenvalue weighted by molar-refractivity contribution is 6.34. The molecule has 1 aliphatic carbocycles. The highest BCUT2D eigenvalue weighted by Gasteiger charge is 2.41. The maximum Gasteiger partial charge on any atom is 0.391 e. The van der Waals surface area contributed by atoms with Gasteiger partial charge in [0.05, 0.1) is 27.9 Å². The minimum atomic E-state index is -4.16. The summed E-state index contributed by atoms with van der Waals surface area (Å²) >= 11 is 5.95. The van der Waals surface area contributed by atoms with Crippen LogP contribution in [0, 0.1) is 5.92 Å². The fraction of sp³-hybridized carbons (Fsp3) is 0.500. The van der Waals surface area contributed by atoms with E-state index in [4.69, 9.17) is 23.1 Å². The van der Waals surface area contributed by atoms with Gasteiger partial charge in [-0.15, -0.1) is 0 Å². The van der Waals surface area contributed by atoms with Gasteiger partial charge in [-0.3, -0.25) is 4.79 Å². The van der Waals surface area contributed by atoms with Crippen molar-refractivity contribution in [1.29, 1.82) is 0 Å². The van der Waals surface area contributed by atoms with Gasteiger partial charge >= 0.3 is 6.18 Å². The molecule has 1 aliphatic rings. The summed E-state index contributed by atoms with van der Waals surface area (Å²) in [6.45, 7) is 0. The fourth-order valence-electron chi connectivity index (χ4n) is 2.61. The summed E-state index contributed by atoms with van der Waals surface area (Å²) in [4.78, 5) is 12.2. The molecule has 0 aliphatic heterocycles. The highest BCUT2D eigenvalue weighted by Crippen LogP contribution is 2.37. The molecule has 122 valence electrons. The van der Waals surface area contributed by atoms with Crippen molar-refractivity contribution < 1.29 is 18.0 Å². The Morgan fingerprint density at radius 3 is 2.23 bits per heavy atom. The molecule has 4 nitrogen and oxygen atoms in total. The topological polar surface area (TPSA) is 81.1 Å². The average Bonchev–Trinajstić information content (AvgIpc) is 2.42. The second kappa shape index (κ2) is 6.24. The first-order chi connectivity index (χ1) is 10.2. The number of alkyl halides is 3. The molecular weight excluding hydrogens is 319 g/mol. The number of hydrogen-bond acceptors (Lipinski definition) is 3. The molecule has 2 rings (SSSR count). The number of carbonyl (C=O) groups excluding carboxylic acids is 1. The Bertz CT molecular complexity index is 569. The van der Waals surface area contributed by atoms with Gasteiger partial charge in [-0.25, -0.2) is 0 Å². The molecule has 0 aromatic heterocycles. The van der Waals surface area contributed by atoms with Gasteiger partial charge in [0.15, 0.2) is 0 Å². The van der Waals surface area contributed by atoms with Crippen LogP contribution < -0.4 is 16.8 Å². The zero-order valence-electron chi connectivity index (χ0n) is 11.7. The largest absolute Gasteiger partial charge is 0.397 e. The number of hydrogen-bond donors (Lipinski definition) is 3. The van der Waals surface area contributed by atoms with Crippen LogP contribution in [0.3, 0.4) is 0 Å². The van der Waals surface area contributed by atoms with Gasteiger partial charge < -0.3 is 16.8 Å². The van der Waals surface area contributed by atoms with Crippen molar-refractivity contribution in [3.63, 3.8) is 0 Å². The first kappa shape index (κ1) is 16.7. The summed E-state index contributed by atoms with van der Waals surface area (Å²) in [6, 6.07) is 2.46. The molecule has 0 bridgehead atoms. The summed E-state index contributed by atoms with van der Waals surface area (Å²) in [5.74, 6) is -1.73. The highest BCUT2D eigenvalue weighted by atomic mass is 35.5. The zero-order valence-corrected chi connectivity index (χ0v) is 12.5. The van der Waals surface area contributed by atoms with Crippen molar-refractivity contribution >= 4 is 28.9 Å². The SMILES string of the molecule is Nc1cc(Cl)c(C(=O)NC2CCC(C(F)(F)F)CC2)cc1N. The van der Waals surface area contributed by atoms with Crippen molar-refractivity contribution in [3.05, 3.63) is 22.7 Å². The van der Waals surface area contributed by atoms with E-state index >= 15 is 0 Å². The lowest BCUT2D eigenvalue weighted by Crippen LogP contribution is -2.40. The van der Waals surface area contributed by atoms with Gasteiger partial charge in [0.2, 0.25) is 0 Å². The number of halogens is 4. The van der Waals surface area contributed by atoms with E-state index in [0.717, 1.165) is 0 Å². The number of rotatable bonds is 2. The maximum absolute atomic E-state index is 12.6. The molecule has 1 saturated carbocycles. The Balaban J connectivity index is 1.98. The van der Waals surface area contributed by atoms with E-state index in [-0.39, 0.29) is 53.7 Å². The molecule has 1 aromatic carbocycles. The predicted octanol–water partition coefficient (Wildman–Crippen LogP) is 3.36. The molecule has 0 unspecified atom stereocenters. The van der Waals surface area contributed by atoms with Crippen LogP contribution in [0.4, 0.5) is 24.5 Å². The molecule has 1 amide bonds. The second-order valence-corrected chi connectivity index (χ2v) is 5.93. The number of benzene rings is 1.